The van der Waals surface area contributed by atoms with Crippen LogP contribution >= 0.6 is 0 Å². The first-order chi connectivity index (χ1) is 11.8. The molecule has 2 aromatic carbocycles. The van der Waals surface area contributed by atoms with E-state index in [9.17, 15) is 4.79 Å². The third-order valence-corrected chi connectivity index (χ3v) is 4.10. The monoisotopic (exact) mass is 334 g/mol. The molecular weight excluding hydrogens is 312 g/mol. The number of hydrogen-bond donors (Lipinski definition) is 1. The summed E-state index contributed by atoms with van der Waals surface area (Å²) in [4.78, 5) is 17.0. The van der Waals surface area contributed by atoms with Gasteiger partial charge in [-0.3, -0.25) is 4.79 Å². The Balaban J connectivity index is 1.93. The summed E-state index contributed by atoms with van der Waals surface area (Å²) < 4.78 is 1.16. The van der Waals surface area contributed by atoms with Crippen LogP contribution in [0, 0.1) is 6.92 Å². The number of nitrogens with two attached hydrogens (primary N) is 1. The van der Waals surface area contributed by atoms with Crippen molar-refractivity contribution in [1.29, 1.82) is 0 Å². The molecule has 3 rings (SSSR count). The average molecular weight is 334 g/mol. The highest BCUT2D eigenvalue weighted by Gasteiger charge is 2.18. The van der Waals surface area contributed by atoms with E-state index in [1.807, 2.05) is 43.3 Å². The number of aromatic nitrogens is 3. The molecule has 1 aromatic heterocycles. The van der Waals surface area contributed by atoms with E-state index in [1.165, 1.54) is 0 Å². The summed E-state index contributed by atoms with van der Waals surface area (Å²) in [7, 11) is 0. The molecule has 128 valence electrons. The van der Waals surface area contributed by atoms with Crippen molar-refractivity contribution in [3.8, 4) is 11.4 Å². The zero-order valence-corrected chi connectivity index (χ0v) is 14.9. The molecule has 0 bridgehead atoms. The summed E-state index contributed by atoms with van der Waals surface area (Å²) in [6.07, 6.45) is 0. The maximum absolute atomic E-state index is 12.7. The van der Waals surface area contributed by atoms with Crippen LogP contribution in [0.25, 0.3) is 11.4 Å². The normalized spacial score (nSPS) is 11.5. The molecule has 1 heterocycles. The van der Waals surface area contributed by atoms with Crippen LogP contribution in [0.4, 0.5) is 5.95 Å². The number of nitrogen functional groups attached to an aromatic ring is 1. The van der Waals surface area contributed by atoms with Gasteiger partial charge in [0, 0.05) is 11.1 Å². The Morgan fingerprint density at radius 1 is 1.08 bits per heavy atom. The summed E-state index contributed by atoms with van der Waals surface area (Å²) in [5.41, 5.74) is 9.58. The van der Waals surface area contributed by atoms with Crippen molar-refractivity contribution in [3.63, 3.8) is 0 Å². The molecule has 0 spiro atoms. The highest BCUT2D eigenvalue weighted by Crippen LogP contribution is 2.23. The van der Waals surface area contributed by atoms with Crippen molar-refractivity contribution >= 4 is 11.9 Å². The fraction of sp³-hybridized carbons (Fsp3) is 0.250. The van der Waals surface area contributed by atoms with Crippen LogP contribution in [-0.4, -0.2) is 20.7 Å². The molecule has 5 nitrogen and oxygen atoms in total. The maximum Gasteiger partial charge on any atom is 0.281 e. The van der Waals surface area contributed by atoms with Crippen molar-refractivity contribution in [2.24, 2.45) is 0 Å². The van der Waals surface area contributed by atoms with E-state index in [-0.39, 0.29) is 17.3 Å². The summed E-state index contributed by atoms with van der Waals surface area (Å²) in [5.74, 6) is 0.242. The summed E-state index contributed by atoms with van der Waals surface area (Å²) in [6.45, 7) is 8.39. The highest BCUT2D eigenvalue weighted by molar-refractivity contribution is 5.97. The molecule has 25 heavy (non-hydrogen) atoms. The van der Waals surface area contributed by atoms with Crippen LogP contribution in [0.1, 0.15) is 42.3 Å². The largest absolute Gasteiger partial charge is 0.368 e. The number of anilines is 1. The van der Waals surface area contributed by atoms with E-state index >= 15 is 0 Å². The van der Waals surface area contributed by atoms with Crippen LogP contribution in [-0.2, 0) is 5.41 Å². The van der Waals surface area contributed by atoms with E-state index in [2.05, 4.69) is 30.9 Å². The Hall–Kier alpha value is -2.95. The lowest BCUT2D eigenvalue weighted by molar-refractivity contribution is 0.0948. The van der Waals surface area contributed by atoms with Crippen molar-refractivity contribution in [3.05, 3.63) is 65.2 Å². The molecule has 0 fully saturated rings. The Bertz CT molecular complexity index is 918. The minimum absolute atomic E-state index is 0.0339. The van der Waals surface area contributed by atoms with E-state index in [0.29, 0.717) is 11.4 Å². The van der Waals surface area contributed by atoms with Gasteiger partial charge in [-0.2, -0.15) is 9.67 Å². The number of nitrogens with zero attached hydrogens (tertiary/aromatic N) is 3. The van der Waals surface area contributed by atoms with Gasteiger partial charge in [0.25, 0.3) is 5.91 Å². The number of rotatable bonds is 2. The van der Waals surface area contributed by atoms with Crippen LogP contribution in [0.2, 0.25) is 0 Å². The van der Waals surface area contributed by atoms with Gasteiger partial charge in [0.2, 0.25) is 5.95 Å². The Morgan fingerprint density at radius 3 is 2.36 bits per heavy atom. The number of carbonyl (C=O) groups excluding carboxylic acids is 1. The molecule has 3 aromatic rings. The smallest absolute Gasteiger partial charge is 0.281 e. The number of hydrogen-bond acceptors (Lipinski definition) is 4. The average Bonchev–Trinajstić information content (AvgIpc) is 2.95. The molecule has 0 aliphatic carbocycles. The lowest BCUT2D eigenvalue weighted by Crippen LogP contribution is -2.17. The standard InChI is InChI=1S/C20H22N4O/c1-13-6-5-7-15(12-13)17-22-19(21)24(23-17)18(25)14-8-10-16(11-9-14)20(2,3)4/h5-12H,1-4H3,(H2,21,22,23). The molecular formula is C20H22N4O. The van der Waals surface area contributed by atoms with Gasteiger partial charge in [-0.25, -0.2) is 0 Å². The number of benzene rings is 2. The van der Waals surface area contributed by atoms with Gasteiger partial charge in [-0.15, -0.1) is 5.10 Å². The van der Waals surface area contributed by atoms with Gasteiger partial charge in [0.15, 0.2) is 5.82 Å². The molecule has 0 amide bonds. The van der Waals surface area contributed by atoms with Crippen LogP contribution in [0.5, 0.6) is 0 Å². The van der Waals surface area contributed by atoms with Gasteiger partial charge in [0.05, 0.1) is 0 Å². The topological polar surface area (TPSA) is 73.8 Å². The number of aryl methyl sites for hydroxylation is 1. The first kappa shape index (κ1) is 16.9. The lowest BCUT2D eigenvalue weighted by Gasteiger charge is -2.18. The van der Waals surface area contributed by atoms with Crippen LogP contribution in [0.3, 0.4) is 0 Å². The maximum atomic E-state index is 12.7. The molecule has 5 heteroatoms. The number of carbonyl (C=O) groups is 1. The van der Waals surface area contributed by atoms with Crippen molar-refractivity contribution in [2.75, 3.05) is 5.73 Å². The molecule has 0 aliphatic rings. The summed E-state index contributed by atoms with van der Waals surface area (Å²) >= 11 is 0. The molecule has 0 aliphatic heterocycles. The fourth-order valence-corrected chi connectivity index (χ4v) is 2.62. The predicted octanol–water partition coefficient (Wildman–Crippen LogP) is 3.82. The zero-order valence-electron chi connectivity index (χ0n) is 14.9. The summed E-state index contributed by atoms with van der Waals surface area (Å²) in [6, 6.07) is 15.3. The van der Waals surface area contributed by atoms with Crippen LogP contribution < -0.4 is 5.73 Å². The Morgan fingerprint density at radius 2 is 1.76 bits per heavy atom. The van der Waals surface area contributed by atoms with Gasteiger partial charge < -0.3 is 5.73 Å². The predicted molar refractivity (Wildman–Crippen MR) is 99.5 cm³/mol. The third kappa shape index (κ3) is 3.45. The van der Waals surface area contributed by atoms with Gasteiger partial charge in [-0.1, -0.05) is 56.7 Å². The van der Waals surface area contributed by atoms with Gasteiger partial charge in [-0.05, 0) is 36.1 Å². The van der Waals surface area contributed by atoms with Crippen molar-refractivity contribution in [1.82, 2.24) is 14.8 Å². The first-order valence-corrected chi connectivity index (χ1v) is 8.20. The second-order valence-corrected chi connectivity index (χ2v) is 7.21. The van der Waals surface area contributed by atoms with Crippen molar-refractivity contribution < 1.29 is 4.79 Å². The fourth-order valence-electron chi connectivity index (χ4n) is 2.62. The van der Waals surface area contributed by atoms with Crippen LogP contribution in [0.15, 0.2) is 48.5 Å². The molecule has 0 saturated carbocycles. The second kappa shape index (κ2) is 6.16. The molecule has 0 unspecified atom stereocenters. The highest BCUT2D eigenvalue weighted by atomic mass is 16.2. The van der Waals surface area contributed by atoms with E-state index in [1.54, 1.807) is 12.1 Å². The molecule has 0 atom stereocenters. The Labute approximate surface area is 147 Å². The molecule has 0 saturated heterocycles. The van der Waals surface area contributed by atoms with E-state index in [0.717, 1.165) is 21.4 Å². The van der Waals surface area contributed by atoms with Gasteiger partial charge >= 0.3 is 0 Å². The molecule has 2 N–H and O–H groups in total. The Kier molecular flexibility index (Phi) is 4.17. The van der Waals surface area contributed by atoms with E-state index in [4.69, 9.17) is 5.73 Å². The molecule has 0 radical (unpaired) electrons. The lowest BCUT2D eigenvalue weighted by atomic mass is 9.87. The second-order valence-electron chi connectivity index (χ2n) is 7.21. The van der Waals surface area contributed by atoms with Gasteiger partial charge in [0.1, 0.15) is 0 Å². The minimum atomic E-state index is -0.288. The van der Waals surface area contributed by atoms with Crippen molar-refractivity contribution in [2.45, 2.75) is 33.1 Å². The quantitative estimate of drug-likeness (QED) is 0.773. The zero-order chi connectivity index (χ0) is 18.2. The van der Waals surface area contributed by atoms with E-state index < -0.39 is 0 Å². The minimum Gasteiger partial charge on any atom is -0.368 e. The first-order valence-electron chi connectivity index (χ1n) is 8.20. The SMILES string of the molecule is Cc1cccc(-c2nc(N)n(C(=O)c3ccc(C(C)(C)C)cc3)n2)c1. The summed E-state index contributed by atoms with van der Waals surface area (Å²) in [5, 5.41) is 4.30. The third-order valence-electron chi connectivity index (χ3n) is 4.10.